The minimum atomic E-state index is -0.394. The van der Waals surface area contributed by atoms with E-state index in [0.717, 1.165) is 5.56 Å². The number of halogens is 1. The van der Waals surface area contributed by atoms with Crippen LogP contribution in [0.4, 0.5) is 4.39 Å². The first-order valence-electron chi connectivity index (χ1n) is 8.30. The lowest BCUT2D eigenvalue weighted by Gasteiger charge is -2.10. The van der Waals surface area contributed by atoms with E-state index >= 15 is 0 Å². The van der Waals surface area contributed by atoms with Crippen LogP contribution in [0.2, 0.25) is 0 Å². The Bertz CT molecular complexity index is 759. The number of ketones is 1. The largest absolute Gasteiger partial charge is 0.493 e. The zero-order valence-corrected chi connectivity index (χ0v) is 14.9. The fraction of sp³-hybridized carbons (Fsp3) is 0.300. The molecule has 5 nitrogen and oxygen atoms in total. The van der Waals surface area contributed by atoms with Crippen molar-refractivity contribution in [3.8, 4) is 11.5 Å². The van der Waals surface area contributed by atoms with E-state index in [2.05, 4.69) is 5.32 Å². The second-order valence-electron chi connectivity index (χ2n) is 5.72. The molecule has 6 heteroatoms. The molecule has 138 valence electrons. The number of Topliss-reactive ketones (excluding diaryl/α,β-unsaturated/α-hetero) is 1. The SMILES string of the molecule is COc1ccc(CCNC(=O)CCC(=O)c2ccc(F)cc2)cc1OC. The Morgan fingerprint density at radius 2 is 1.65 bits per heavy atom. The standard InChI is InChI=1S/C20H22FNO4/c1-25-18-9-3-14(13-19(18)26-2)11-12-22-20(24)10-8-17(23)15-4-6-16(21)7-5-15/h3-7,9,13H,8,10-12H2,1-2H3,(H,22,24). The third-order valence-electron chi connectivity index (χ3n) is 3.93. The summed E-state index contributed by atoms with van der Waals surface area (Å²) in [6, 6.07) is 10.9. The van der Waals surface area contributed by atoms with Crippen LogP contribution in [0.25, 0.3) is 0 Å². The molecular weight excluding hydrogens is 337 g/mol. The second-order valence-corrected chi connectivity index (χ2v) is 5.72. The fourth-order valence-electron chi connectivity index (χ4n) is 2.48. The molecule has 0 fully saturated rings. The highest BCUT2D eigenvalue weighted by atomic mass is 19.1. The molecular formula is C20H22FNO4. The zero-order valence-electron chi connectivity index (χ0n) is 14.9. The van der Waals surface area contributed by atoms with Gasteiger partial charge in [0.1, 0.15) is 5.82 Å². The summed E-state index contributed by atoms with van der Waals surface area (Å²) in [5.74, 6) is 0.524. The predicted octanol–water partition coefficient (Wildman–Crippen LogP) is 3.16. The van der Waals surface area contributed by atoms with E-state index in [1.165, 1.54) is 24.3 Å². The summed E-state index contributed by atoms with van der Waals surface area (Å²) in [4.78, 5) is 23.8. The molecule has 0 aliphatic carbocycles. The van der Waals surface area contributed by atoms with Crippen molar-refractivity contribution in [1.82, 2.24) is 5.32 Å². The van der Waals surface area contributed by atoms with Crippen LogP contribution in [-0.2, 0) is 11.2 Å². The molecule has 1 N–H and O–H groups in total. The van der Waals surface area contributed by atoms with E-state index < -0.39 is 5.82 Å². The van der Waals surface area contributed by atoms with Crippen LogP contribution < -0.4 is 14.8 Å². The summed E-state index contributed by atoms with van der Waals surface area (Å²) in [6.07, 6.45) is 0.827. The van der Waals surface area contributed by atoms with Crippen molar-refractivity contribution in [3.05, 3.63) is 59.4 Å². The molecule has 0 radical (unpaired) electrons. The van der Waals surface area contributed by atoms with Crippen LogP contribution in [0.5, 0.6) is 11.5 Å². The molecule has 0 heterocycles. The van der Waals surface area contributed by atoms with Crippen LogP contribution in [-0.4, -0.2) is 32.5 Å². The molecule has 2 aromatic carbocycles. The number of nitrogens with one attached hydrogen (secondary N) is 1. The van der Waals surface area contributed by atoms with Gasteiger partial charge < -0.3 is 14.8 Å². The molecule has 2 rings (SSSR count). The van der Waals surface area contributed by atoms with Crippen LogP contribution in [0, 0.1) is 5.82 Å². The van der Waals surface area contributed by atoms with Crippen LogP contribution in [0.3, 0.4) is 0 Å². The van der Waals surface area contributed by atoms with E-state index in [-0.39, 0.29) is 24.5 Å². The Kier molecular flexibility index (Phi) is 7.14. The Balaban J connectivity index is 1.75. The molecule has 0 aliphatic rings. The van der Waals surface area contributed by atoms with E-state index in [9.17, 15) is 14.0 Å². The molecule has 0 unspecified atom stereocenters. The Morgan fingerprint density at radius 3 is 2.31 bits per heavy atom. The van der Waals surface area contributed by atoms with Gasteiger partial charge in [-0.25, -0.2) is 4.39 Å². The van der Waals surface area contributed by atoms with Gasteiger partial charge in [-0.15, -0.1) is 0 Å². The lowest BCUT2D eigenvalue weighted by atomic mass is 10.1. The summed E-state index contributed by atoms with van der Waals surface area (Å²) in [7, 11) is 3.15. The molecule has 0 aromatic heterocycles. The number of methoxy groups -OCH3 is 2. The number of hydrogen-bond donors (Lipinski definition) is 1. The minimum absolute atomic E-state index is 0.0911. The molecule has 0 aliphatic heterocycles. The van der Waals surface area contributed by atoms with Crippen LogP contribution in [0.15, 0.2) is 42.5 Å². The monoisotopic (exact) mass is 359 g/mol. The van der Waals surface area contributed by atoms with Crippen molar-refractivity contribution in [2.24, 2.45) is 0 Å². The Hall–Kier alpha value is -2.89. The molecule has 0 atom stereocenters. The molecule has 0 bridgehead atoms. The molecule has 0 saturated heterocycles. The first-order valence-corrected chi connectivity index (χ1v) is 8.30. The number of carbonyl (C=O) groups excluding carboxylic acids is 2. The maximum absolute atomic E-state index is 12.8. The van der Waals surface area contributed by atoms with Crippen molar-refractivity contribution < 1.29 is 23.5 Å². The number of benzene rings is 2. The molecule has 2 aromatic rings. The smallest absolute Gasteiger partial charge is 0.220 e. The number of rotatable bonds is 9. The number of amides is 1. The highest BCUT2D eigenvalue weighted by Crippen LogP contribution is 2.27. The van der Waals surface area contributed by atoms with Crippen molar-refractivity contribution in [2.45, 2.75) is 19.3 Å². The molecule has 26 heavy (non-hydrogen) atoms. The van der Waals surface area contributed by atoms with E-state index in [0.29, 0.717) is 30.0 Å². The van der Waals surface area contributed by atoms with E-state index in [1.807, 2.05) is 18.2 Å². The van der Waals surface area contributed by atoms with Gasteiger partial charge in [0.25, 0.3) is 0 Å². The summed E-state index contributed by atoms with van der Waals surface area (Å²) in [5.41, 5.74) is 1.41. The van der Waals surface area contributed by atoms with Crippen molar-refractivity contribution >= 4 is 11.7 Å². The van der Waals surface area contributed by atoms with E-state index in [4.69, 9.17) is 9.47 Å². The first-order chi connectivity index (χ1) is 12.5. The van der Waals surface area contributed by atoms with Gasteiger partial charge in [-0.1, -0.05) is 6.07 Å². The van der Waals surface area contributed by atoms with E-state index in [1.54, 1.807) is 14.2 Å². The van der Waals surface area contributed by atoms with Gasteiger partial charge in [0.15, 0.2) is 17.3 Å². The number of carbonyl (C=O) groups is 2. The first kappa shape index (κ1) is 19.4. The predicted molar refractivity (Wildman–Crippen MR) is 96.2 cm³/mol. The Labute approximate surface area is 152 Å². The summed E-state index contributed by atoms with van der Waals surface area (Å²) in [6.45, 7) is 0.457. The summed E-state index contributed by atoms with van der Waals surface area (Å²) < 4.78 is 23.3. The quantitative estimate of drug-likeness (QED) is 0.699. The van der Waals surface area contributed by atoms with Gasteiger partial charge >= 0.3 is 0 Å². The van der Waals surface area contributed by atoms with Gasteiger partial charge in [0, 0.05) is 24.9 Å². The van der Waals surface area contributed by atoms with Gasteiger partial charge in [0.2, 0.25) is 5.91 Å². The van der Waals surface area contributed by atoms with Crippen molar-refractivity contribution in [1.29, 1.82) is 0 Å². The maximum Gasteiger partial charge on any atom is 0.220 e. The maximum atomic E-state index is 12.8. The fourth-order valence-corrected chi connectivity index (χ4v) is 2.48. The third-order valence-corrected chi connectivity index (χ3v) is 3.93. The van der Waals surface area contributed by atoms with Crippen LogP contribution in [0.1, 0.15) is 28.8 Å². The van der Waals surface area contributed by atoms with Gasteiger partial charge in [-0.3, -0.25) is 9.59 Å². The number of ether oxygens (including phenoxy) is 2. The highest BCUT2D eigenvalue weighted by Gasteiger charge is 2.10. The van der Waals surface area contributed by atoms with Gasteiger partial charge in [-0.2, -0.15) is 0 Å². The molecule has 1 amide bonds. The lowest BCUT2D eigenvalue weighted by molar-refractivity contribution is -0.121. The summed E-state index contributed by atoms with van der Waals surface area (Å²) >= 11 is 0. The van der Waals surface area contributed by atoms with Crippen LogP contribution >= 0.6 is 0 Å². The van der Waals surface area contributed by atoms with Gasteiger partial charge in [-0.05, 0) is 48.4 Å². The number of hydrogen-bond acceptors (Lipinski definition) is 4. The average Bonchev–Trinajstić information content (AvgIpc) is 2.66. The molecule has 0 spiro atoms. The molecule has 0 saturated carbocycles. The average molecular weight is 359 g/mol. The zero-order chi connectivity index (χ0) is 18.9. The van der Waals surface area contributed by atoms with Crippen molar-refractivity contribution in [3.63, 3.8) is 0 Å². The minimum Gasteiger partial charge on any atom is -0.493 e. The summed E-state index contributed by atoms with van der Waals surface area (Å²) in [5, 5.41) is 2.79. The van der Waals surface area contributed by atoms with Gasteiger partial charge in [0.05, 0.1) is 14.2 Å². The Morgan fingerprint density at radius 1 is 0.962 bits per heavy atom. The lowest BCUT2D eigenvalue weighted by Crippen LogP contribution is -2.26. The highest BCUT2D eigenvalue weighted by molar-refractivity contribution is 5.97. The van der Waals surface area contributed by atoms with Crippen molar-refractivity contribution in [2.75, 3.05) is 20.8 Å². The third kappa shape index (κ3) is 5.58. The topological polar surface area (TPSA) is 64.6 Å². The normalized spacial score (nSPS) is 10.3. The second kappa shape index (κ2) is 9.56.